The van der Waals surface area contributed by atoms with Crippen molar-refractivity contribution in [1.82, 2.24) is 0 Å². The standard InChI is InChI=1S/C19H17NO4/c1-13-4-3-5-15(8-13)12-24-18-10-14(6-7-17(18)23-2)9-16(11-20)19(21)22/h3-10H,12H2,1-2H3,(H,21,22). The van der Waals surface area contributed by atoms with Crippen LogP contribution in [0.4, 0.5) is 0 Å². The maximum Gasteiger partial charge on any atom is 0.346 e. The van der Waals surface area contributed by atoms with E-state index in [1.165, 1.54) is 13.2 Å². The van der Waals surface area contributed by atoms with Crippen molar-refractivity contribution in [3.8, 4) is 17.6 Å². The number of nitriles is 1. The van der Waals surface area contributed by atoms with E-state index in [4.69, 9.17) is 19.8 Å². The van der Waals surface area contributed by atoms with Crippen LogP contribution < -0.4 is 9.47 Å². The third-order valence-corrected chi connectivity index (χ3v) is 3.33. The zero-order chi connectivity index (χ0) is 17.5. The number of aliphatic carboxylic acids is 1. The maximum absolute atomic E-state index is 10.9. The fraction of sp³-hybridized carbons (Fsp3) is 0.158. The molecular formula is C19H17NO4. The Morgan fingerprint density at radius 2 is 2.04 bits per heavy atom. The largest absolute Gasteiger partial charge is 0.493 e. The number of methoxy groups -OCH3 is 1. The first-order chi connectivity index (χ1) is 11.5. The summed E-state index contributed by atoms with van der Waals surface area (Å²) in [5.41, 5.74) is 2.36. The number of aryl methyl sites for hydroxylation is 1. The third kappa shape index (κ3) is 4.37. The predicted molar refractivity (Wildman–Crippen MR) is 89.7 cm³/mol. The lowest BCUT2D eigenvalue weighted by atomic mass is 10.1. The molecule has 0 spiro atoms. The zero-order valence-electron chi connectivity index (χ0n) is 13.4. The highest BCUT2D eigenvalue weighted by Gasteiger charge is 2.09. The quantitative estimate of drug-likeness (QED) is 0.649. The molecule has 0 amide bonds. The van der Waals surface area contributed by atoms with Crippen LogP contribution in [0.2, 0.25) is 0 Å². The zero-order valence-corrected chi connectivity index (χ0v) is 13.4. The highest BCUT2D eigenvalue weighted by atomic mass is 16.5. The van der Waals surface area contributed by atoms with Gasteiger partial charge in [0.2, 0.25) is 0 Å². The van der Waals surface area contributed by atoms with Crippen LogP contribution in [0.15, 0.2) is 48.0 Å². The number of carbonyl (C=O) groups is 1. The molecule has 0 aliphatic heterocycles. The molecule has 2 aromatic rings. The summed E-state index contributed by atoms with van der Waals surface area (Å²) in [5, 5.41) is 17.8. The van der Waals surface area contributed by atoms with Crippen LogP contribution in [0.1, 0.15) is 16.7 Å². The van der Waals surface area contributed by atoms with Crippen molar-refractivity contribution in [3.63, 3.8) is 0 Å². The SMILES string of the molecule is COc1ccc(C=C(C#N)C(=O)O)cc1OCc1cccc(C)c1. The van der Waals surface area contributed by atoms with Gasteiger partial charge in [-0.05, 0) is 36.3 Å². The number of benzene rings is 2. The summed E-state index contributed by atoms with van der Waals surface area (Å²) in [6.45, 7) is 2.36. The molecule has 0 radical (unpaired) electrons. The van der Waals surface area contributed by atoms with E-state index in [-0.39, 0.29) is 5.57 Å². The summed E-state index contributed by atoms with van der Waals surface area (Å²) in [6, 6.07) is 14.6. The Kier molecular flexibility index (Phi) is 5.58. The van der Waals surface area contributed by atoms with Gasteiger partial charge in [-0.25, -0.2) is 4.79 Å². The highest BCUT2D eigenvalue weighted by Crippen LogP contribution is 2.29. The molecule has 1 N–H and O–H groups in total. The molecule has 0 aliphatic rings. The highest BCUT2D eigenvalue weighted by molar-refractivity contribution is 5.96. The monoisotopic (exact) mass is 323 g/mol. The summed E-state index contributed by atoms with van der Waals surface area (Å²) in [7, 11) is 1.53. The molecule has 2 rings (SSSR count). The van der Waals surface area contributed by atoms with Crippen molar-refractivity contribution < 1.29 is 19.4 Å². The number of carboxylic acid groups (broad SMARTS) is 1. The molecule has 24 heavy (non-hydrogen) atoms. The van der Waals surface area contributed by atoms with Gasteiger partial charge in [-0.1, -0.05) is 35.9 Å². The van der Waals surface area contributed by atoms with Crippen molar-refractivity contribution in [2.24, 2.45) is 0 Å². The molecule has 0 saturated carbocycles. The van der Waals surface area contributed by atoms with Gasteiger partial charge < -0.3 is 14.6 Å². The lowest BCUT2D eigenvalue weighted by Crippen LogP contribution is -1.99. The van der Waals surface area contributed by atoms with E-state index in [0.29, 0.717) is 23.7 Å². The molecule has 122 valence electrons. The molecule has 0 aromatic heterocycles. The van der Waals surface area contributed by atoms with E-state index in [1.807, 2.05) is 31.2 Å². The minimum atomic E-state index is -1.27. The maximum atomic E-state index is 10.9. The fourth-order valence-corrected chi connectivity index (χ4v) is 2.17. The van der Waals surface area contributed by atoms with Gasteiger partial charge in [0.1, 0.15) is 18.2 Å². The van der Waals surface area contributed by atoms with Crippen LogP contribution >= 0.6 is 0 Å². The van der Waals surface area contributed by atoms with Crippen LogP contribution in [0.3, 0.4) is 0 Å². The minimum absolute atomic E-state index is 0.343. The Balaban J connectivity index is 2.26. The van der Waals surface area contributed by atoms with Crippen molar-refractivity contribution in [2.45, 2.75) is 13.5 Å². The van der Waals surface area contributed by atoms with E-state index >= 15 is 0 Å². The molecule has 0 heterocycles. The molecule has 5 heteroatoms. The molecule has 0 aliphatic carbocycles. The molecule has 2 aromatic carbocycles. The van der Waals surface area contributed by atoms with Crippen molar-refractivity contribution in [1.29, 1.82) is 5.26 Å². The average molecular weight is 323 g/mol. The van der Waals surface area contributed by atoms with Gasteiger partial charge in [-0.3, -0.25) is 0 Å². The second-order valence-corrected chi connectivity index (χ2v) is 5.16. The summed E-state index contributed by atoms with van der Waals surface area (Å²) >= 11 is 0. The molecular weight excluding hydrogens is 306 g/mol. The van der Waals surface area contributed by atoms with Crippen molar-refractivity contribution >= 4 is 12.0 Å². The van der Waals surface area contributed by atoms with Gasteiger partial charge in [0.15, 0.2) is 11.5 Å². The van der Waals surface area contributed by atoms with Gasteiger partial charge in [0, 0.05) is 0 Å². The van der Waals surface area contributed by atoms with Gasteiger partial charge in [0.05, 0.1) is 7.11 Å². The Morgan fingerprint density at radius 1 is 1.25 bits per heavy atom. The van der Waals surface area contributed by atoms with Crippen LogP contribution in [-0.2, 0) is 11.4 Å². The van der Waals surface area contributed by atoms with Gasteiger partial charge in [-0.2, -0.15) is 5.26 Å². The second-order valence-electron chi connectivity index (χ2n) is 5.16. The first-order valence-corrected chi connectivity index (χ1v) is 7.25. The van der Waals surface area contributed by atoms with E-state index in [0.717, 1.165) is 11.1 Å². The molecule has 5 nitrogen and oxygen atoms in total. The van der Waals surface area contributed by atoms with E-state index in [1.54, 1.807) is 24.3 Å². The number of rotatable bonds is 6. The first kappa shape index (κ1) is 17.1. The molecule has 0 saturated heterocycles. The second kappa shape index (κ2) is 7.84. The normalized spacial score (nSPS) is 10.8. The number of ether oxygens (including phenoxy) is 2. The molecule has 0 fully saturated rings. The van der Waals surface area contributed by atoms with Crippen LogP contribution in [0, 0.1) is 18.3 Å². The van der Waals surface area contributed by atoms with E-state index in [2.05, 4.69) is 0 Å². The summed E-state index contributed by atoms with van der Waals surface area (Å²) in [6.07, 6.45) is 1.29. The van der Waals surface area contributed by atoms with Gasteiger partial charge in [-0.15, -0.1) is 0 Å². The lowest BCUT2D eigenvalue weighted by Gasteiger charge is -2.12. The summed E-state index contributed by atoms with van der Waals surface area (Å²) in [5.74, 6) is -0.250. The summed E-state index contributed by atoms with van der Waals surface area (Å²) in [4.78, 5) is 10.9. The predicted octanol–water partition coefficient (Wildman–Crippen LogP) is 3.57. The van der Waals surface area contributed by atoms with Crippen LogP contribution in [-0.4, -0.2) is 18.2 Å². The fourth-order valence-electron chi connectivity index (χ4n) is 2.17. The topological polar surface area (TPSA) is 79.5 Å². The molecule has 0 atom stereocenters. The Labute approximate surface area is 140 Å². The lowest BCUT2D eigenvalue weighted by molar-refractivity contribution is -0.132. The molecule has 0 bridgehead atoms. The summed E-state index contributed by atoms with van der Waals surface area (Å²) < 4.78 is 11.1. The Morgan fingerprint density at radius 3 is 2.67 bits per heavy atom. The number of hydrogen-bond acceptors (Lipinski definition) is 4. The van der Waals surface area contributed by atoms with Crippen molar-refractivity contribution in [2.75, 3.05) is 7.11 Å². The van der Waals surface area contributed by atoms with E-state index < -0.39 is 5.97 Å². The number of carboxylic acids is 1. The van der Waals surface area contributed by atoms with Crippen molar-refractivity contribution in [3.05, 3.63) is 64.7 Å². The van der Waals surface area contributed by atoms with E-state index in [9.17, 15) is 4.79 Å². The number of hydrogen-bond donors (Lipinski definition) is 1. The first-order valence-electron chi connectivity index (χ1n) is 7.25. The molecule has 0 unspecified atom stereocenters. The number of nitrogens with zero attached hydrogens (tertiary/aromatic N) is 1. The average Bonchev–Trinajstić information content (AvgIpc) is 2.57. The van der Waals surface area contributed by atoms with Crippen LogP contribution in [0.25, 0.3) is 6.08 Å². The Hall–Kier alpha value is -3.26. The Bertz CT molecular complexity index is 818. The van der Waals surface area contributed by atoms with Gasteiger partial charge >= 0.3 is 5.97 Å². The van der Waals surface area contributed by atoms with Gasteiger partial charge in [0.25, 0.3) is 0 Å². The van der Waals surface area contributed by atoms with Crippen LogP contribution in [0.5, 0.6) is 11.5 Å². The minimum Gasteiger partial charge on any atom is -0.493 e. The smallest absolute Gasteiger partial charge is 0.346 e. The third-order valence-electron chi connectivity index (χ3n) is 3.33.